The molecule has 1 fully saturated rings. The summed E-state index contributed by atoms with van der Waals surface area (Å²) in [5.41, 5.74) is -1.57. The maximum atomic E-state index is 14.3. The fourth-order valence-corrected chi connectivity index (χ4v) is 3.17. The highest BCUT2D eigenvalue weighted by atomic mass is 79.9. The lowest BCUT2D eigenvalue weighted by Gasteiger charge is -2.12. The number of carbonyl (C=O) groups excluding carboxylic acids is 1. The first-order chi connectivity index (χ1) is 8.07. The number of rotatable bonds is 3. The second-order valence-electron chi connectivity index (χ2n) is 3.63. The van der Waals surface area contributed by atoms with Gasteiger partial charge >= 0.3 is 5.97 Å². The number of halogens is 2. The Morgan fingerprint density at radius 1 is 1.76 bits per heavy atom. The molecule has 2 rings (SSSR count). The molecule has 1 saturated heterocycles. The van der Waals surface area contributed by atoms with Gasteiger partial charge in [0.05, 0.1) is 19.8 Å². The largest absolute Gasteiger partial charge is 0.462 e. The molecular weight excluding hydrogens is 313 g/mol. The van der Waals surface area contributed by atoms with Crippen molar-refractivity contribution in [2.24, 2.45) is 0 Å². The van der Waals surface area contributed by atoms with Crippen LogP contribution < -0.4 is 0 Å². The predicted molar refractivity (Wildman–Crippen MR) is 64.0 cm³/mol. The summed E-state index contributed by atoms with van der Waals surface area (Å²) in [6.45, 7) is 2.37. The first kappa shape index (κ1) is 12.9. The van der Waals surface area contributed by atoms with Crippen LogP contribution in [0.25, 0.3) is 0 Å². The Bertz CT molecular complexity index is 431. The van der Waals surface area contributed by atoms with Crippen LogP contribution in [0.5, 0.6) is 0 Å². The van der Waals surface area contributed by atoms with Crippen LogP contribution in [0.4, 0.5) is 4.39 Å². The standard InChI is InChI=1S/C10H11BrFNO3S/c1-2-16-8(14)6-7(11)13-9(17-6)10(12)3-4-15-5-10/h2-5H2,1H3. The molecule has 7 heteroatoms. The third-order valence-corrected chi connectivity index (χ3v) is 4.45. The Morgan fingerprint density at radius 2 is 2.53 bits per heavy atom. The number of esters is 1. The Hall–Kier alpha value is -0.530. The summed E-state index contributed by atoms with van der Waals surface area (Å²) in [7, 11) is 0. The molecule has 0 N–H and O–H groups in total. The lowest BCUT2D eigenvalue weighted by Crippen LogP contribution is -2.19. The smallest absolute Gasteiger partial charge is 0.351 e. The van der Waals surface area contributed by atoms with E-state index in [1.54, 1.807) is 6.92 Å². The van der Waals surface area contributed by atoms with Crippen molar-refractivity contribution >= 4 is 33.2 Å². The molecule has 0 aliphatic carbocycles. The zero-order chi connectivity index (χ0) is 12.5. The van der Waals surface area contributed by atoms with Crippen molar-refractivity contribution in [2.75, 3.05) is 19.8 Å². The van der Waals surface area contributed by atoms with Crippen molar-refractivity contribution in [1.29, 1.82) is 0 Å². The molecule has 0 aromatic carbocycles. The summed E-state index contributed by atoms with van der Waals surface area (Å²) in [4.78, 5) is 15.9. The molecule has 1 atom stereocenters. The zero-order valence-corrected chi connectivity index (χ0v) is 11.6. The van der Waals surface area contributed by atoms with Crippen molar-refractivity contribution in [2.45, 2.75) is 19.0 Å². The molecule has 2 heterocycles. The normalized spacial score (nSPS) is 23.9. The Balaban J connectivity index is 2.27. The van der Waals surface area contributed by atoms with Gasteiger partial charge in [0, 0.05) is 6.42 Å². The summed E-state index contributed by atoms with van der Waals surface area (Å²) in [5, 5.41) is 0.268. The highest BCUT2D eigenvalue weighted by molar-refractivity contribution is 9.10. The molecule has 0 saturated carbocycles. The molecule has 17 heavy (non-hydrogen) atoms. The van der Waals surface area contributed by atoms with Gasteiger partial charge < -0.3 is 9.47 Å². The third kappa shape index (κ3) is 2.51. The van der Waals surface area contributed by atoms with Gasteiger partial charge in [-0.3, -0.25) is 0 Å². The van der Waals surface area contributed by atoms with E-state index in [9.17, 15) is 9.18 Å². The molecule has 0 spiro atoms. The van der Waals surface area contributed by atoms with Gasteiger partial charge in [-0.05, 0) is 22.9 Å². The summed E-state index contributed by atoms with van der Waals surface area (Å²) < 4.78 is 24.6. The van der Waals surface area contributed by atoms with Gasteiger partial charge in [0.1, 0.15) is 14.5 Å². The second-order valence-corrected chi connectivity index (χ2v) is 5.38. The van der Waals surface area contributed by atoms with E-state index in [2.05, 4.69) is 20.9 Å². The minimum atomic E-state index is -1.57. The average molecular weight is 324 g/mol. The quantitative estimate of drug-likeness (QED) is 0.802. The number of ether oxygens (including phenoxy) is 2. The van der Waals surface area contributed by atoms with E-state index in [1.165, 1.54) is 0 Å². The number of hydrogen-bond acceptors (Lipinski definition) is 5. The Morgan fingerprint density at radius 3 is 3.12 bits per heavy atom. The second kappa shape index (κ2) is 4.99. The lowest BCUT2D eigenvalue weighted by atomic mass is 10.1. The monoisotopic (exact) mass is 323 g/mol. The number of carbonyl (C=O) groups is 1. The first-order valence-electron chi connectivity index (χ1n) is 5.17. The number of aromatic nitrogens is 1. The molecule has 4 nitrogen and oxygen atoms in total. The van der Waals surface area contributed by atoms with Crippen LogP contribution >= 0.6 is 27.3 Å². The zero-order valence-electron chi connectivity index (χ0n) is 9.16. The number of thiazole rings is 1. The van der Waals surface area contributed by atoms with E-state index < -0.39 is 11.6 Å². The summed E-state index contributed by atoms with van der Waals surface area (Å²) in [6.07, 6.45) is 0.273. The van der Waals surface area contributed by atoms with Gasteiger partial charge in [0.15, 0.2) is 5.67 Å². The third-order valence-electron chi connectivity index (χ3n) is 2.40. The van der Waals surface area contributed by atoms with E-state index in [4.69, 9.17) is 9.47 Å². The van der Waals surface area contributed by atoms with E-state index in [-0.39, 0.29) is 24.6 Å². The molecule has 94 valence electrons. The van der Waals surface area contributed by atoms with Crippen LogP contribution in [0, 0.1) is 0 Å². The molecule has 1 unspecified atom stereocenters. The van der Waals surface area contributed by atoms with Crippen LogP contribution in [-0.2, 0) is 15.1 Å². The van der Waals surface area contributed by atoms with Crippen LogP contribution in [0.3, 0.4) is 0 Å². The van der Waals surface area contributed by atoms with Crippen LogP contribution in [0.15, 0.2) is 4.60 Å². The lowest BCUT2D eigenvalue weighted by molar-refractivity contribution is 0.0531. The number of alkyl halides is 1. The molecular formula is C10H11BrFNO3S. The van der Waals surface area contributed by atoms with E-state index >= 15 is 0 Å². The van der Waals surface area contributed by atoms with Crippen LogP contribution in [-0.4, -0.2) is 30.8 Å². The highest BCUT2D eigenvalue weighted by Crippen LogP contribution is 2.39. The van der Waals surface area contributed by atoms with Crippen LogP contribution in [0.2, 0.25) is 0 Å². The van der Waals surface area contributed by atoms with Crippen LogP contribution in [0.1, 0.15) is 28.0 Å². The van der Waals surface area contributed by atoms with Gasteiger partial charge in [-0.1, -0.05) is 0 Å². The van der Waals surface area contributed by atoms with E-state index in [1.807, 2.05) is 0 Å². The first-order valence-corrected chi connectivity index (χ1v) is 6.78. The minimum Gasteiger partial charge on any atom is -0.462 e. The molecule has 1 aliphatic rings. The maximum absolute atomic E-state index is 14.3. The number of nitrogens with zero attached hydrogens (tertiary/aromatic N) is 1. The summed E-state index contributed by atoms with van der Waals surface area (Å²) in [6, 6.07) is 0. The van der Waals surface area contributed by atoms with E-state index in [0.717, 1.165) is 11.3 Å². The van der Waals surface area contributed by atoms with Crippen molar-refractivity contribution in [3.05, 3.63) is 14.5 Å². The fourth-order valence-electron chi connectivity index (χ4n) is 1.52. The molecule has 1 aromatic heterocycles. The summed E-state index contributed by atoms with van der Waals surface area (Å²) >= 11 is 4.17. The Kier molecular flexibility index (Phi) is 3.79. The predicted octanol–water partition coefficient (Wildman–Crippen LogP) is 2.67. The molecule has 1 aromatic rings. The van der Waals surface area contributed by atoms with Crippen molar-refractivity contribution in [1.82, 2.24) is 4.98 Å². The van der Waals surface area contributed by atoms with Crippen molar-refractivity contribution in [3.63, 3.8) is 0 Å². The molecule has 0 bridgehead atoms. The Labute approximate surface area is 110 Å². The summed E-state index contributed by atoms with van der Waals surface area (Å²) in [5.74, 6) is -0.481. The van der Waals surface area contributed by atoms with Crippen molar-refractivity contribution < 1.29 is 18.7 Å². The van der Waals surface area contributed by atoms with Gasteiger partial charge in [-0.2, -0.15) is 0 Å². The van der Waals surface area contributed by atoms with Gasteiger partial charge in [0.25, 0.3) is 0 Å². The minimum absolute atomic E-state index is 0.00474. The van der Waals surface area contributed by atoms with Gasteiger partial charge in [-0.25, -0.2) is 14.2 Å². The number of hydrogen-bond donors (Lipinski definition) is 0. The topological polar surface area (TPSA) is 48.4 Å². The van der Waals surface area contributed by atoms with Gasteiger partial charge in [0.2, 0.25) is 0 Å². The van der Waals surface area contributed by atoms with Crippen molar-refractivity contribution in [3.8, 4) is 0 Å². The molecule has 0 radical (unpaired) electrons. The van der Waals surface area contributed by atoms with Gasteiger partial charge in [-0.15, -0.1) is 11.3 Å². The molecule has 1 aliphatic heterocycles. The highest BCUT2D eigenvalue weighted by Gasteiger charge is 2.41. The molecule has 0 amide bonds. The fraction of sp³-hybridized carbons (Fsp3) is 0.600. The van der Waals surface area contributed by atoms with E-state index in [0.29, 0.717) is 16.1 Å². The SMILES string of the molecule is CCOC(=O)c1sc(C2(F)CCOC2)nc1Br. The average Bonchev–Trinajstić information content (AvgIpc) is 2.86. The maximum Gasteiger partial charge on any atom is 0.351 e.